The lowest BCUT2D eigenvalue weighted by Crippen LogP contribution is -2.16. The number of benzene rings is 1. The number of hydrogen-bond donors (Lipinski definition) is 1. The summed E-state index contributed by atoms with van der Waals surface area (Å²) in [5.41, 5.74) is 1.74. The van der Waals surface area contributed by atoms with Crippen molar-refractivity contribution in [2.75, 3.05) is 6.54 Å². The Bertz CT molecular complexity index is 502. The molecular formula is C13H15F2N3. The van der Waals surface area contributed by atoms with E-state index in [9.17, 15) is 8.78 Å². The first-order valence-electron chi connectivity index (χ1n) is 5.77. The van der Waals surface area contributed by atoms with Crippen LogP contribution in [0.3, 0.4) is 0 Å². The highest BCUT2D eigenvalue weighted by Gasteiger charge is 2.01. The van der Waals surface area contributed by atoms with Crippen LogP contribution >= 0.6 is 0 Å². The third kappa shape index (κ3) is 3.63. The largest absolute Gasteiger partial charge is 0.312 e. The van der Waals surface area contributed by atoms with Gasteiger partial charge < -0.3 is 5.32 Å². The maximum Gasteiger partial charge on any atom is 0.126 e. The zero-order valence-electron chi connectivity index (χ0n) is 10.2. The summed E-state index contributed by atoms with van der Waals surface area (Å²) < 4.78 is 27.6. The van der Waals surface area contributed by atoms with E-state index in [2.05, 4.69) is 10.4 Å². The Balaban J connectivity index is 1.78. The van der Waals surface area contributed by atoms with Gasteiger partial charge in [0.05, 0.1) is 6.20 Å². The molecule has 0 fully saturated rings. The summed E-state index contributed by atoms with van der Waals surface area (Å²) in [5, 5.41) is 7.26. The van der Waals surface area contributed by atoms with Crippen LogP contribution < -0.4 is 5.32 Å². The van der Waals surface area contributed by atoms with Crippen molar-refractivity contribution in [1.29, 1.82) is 0 Å². The number of nitrogens with zero attached hydrogens (tertiary/aromatic N) is 2. The minimum absolute atomic E-state index is 0.530. The quantitative estimate of drug-likeness (QED) is 0.824. The Hall–Kier alpha value is -1.75. The highest BCUT2D eigenvalue weighted by molar-refractivity contribution is 5.18. The molecule has 1 aromatic carbocycles. The summed E-state index contributed by atoms with van der Waals surface area (Å²) in [4.78, 5) is 0. The molecule has 0 saturated heterocycles. The topological polar surface area (TPSA) is 29.9 Å². The number of aromatic nitrogens is 2. The molecular weight excluding hydrogens is 236 g/mol. The van der Waals surface area contributed by atoms with Crippen LogP contribution in [0.15, 0.2) is 30.6 Å². The van der Waals surface area contributed by atoms with Gasteiger partial charge in [0.25, 0.3) is 0 Å². The van der Waals surface area contributed by atoms with Gasteiger partial charge in [-0.25, -0.2) is 8.78 Å². The van der Waals surface area contributed by atoms with Gasteiger partial charge in [0.15, 0.2) is 0 Å². The van der Waals surface area contributed by atoms with E-state index in [-0.39, 0.29) is 0 Å². The third-order valence-corrected chi connectivity index (χ3v) is 2.60. The average molecular weight is 251 g/mol. The average Bonchev–Trinajstić information content (AvgIpc) is 2.69. The Morgan fingerprint density at radius 1 is 1.17 bits per heavy atom. The van der Waals surface area contributed by atoms with Crippen LogP contribution in [0.2, 0.25) is 0 Å². The molecule has 0 aliphatic rings. The normalized spacial score (nSPS) is 10.8. The zero-order chi connectivity index (χ0) is 13.0. The smallest absolute Gasteiger partial charge is 0.126 e. The second-order valence-corrected chi connectivity index (χ2v) is 4.23. The second-order valence-electron chi connectivity index (χ2n) is 4.23. The van der Waals surface area contributed by atoms with Crippen molar-refractivity contribution in [1.82, 2.24) is 15.1 Å². The van der Waals surface area contributed by atoms with E-state index in [1.165, 1.54) is 12.1 Å². The number of aryl methyl sites for hydroxylation is 1. The Labute approximate surface area is 104 Å². The van der Waals surface area contributed by atoms with E-state index in [1.807, 2.05) is 13.2 Å². The van der Waals surface area contributed by atoms with Crippen LogP contribution in [0.1, 0.15) is 11.1 Å². The number of hydrogen-bond acceptors (Lipinski definition) is 2. The molecule has 1 N–H and O–H groups in total. The molecule has 5 heteroatoms. The summed E-state index contributed by atoms with van der Waals surface area (Å²) in [5.74, 6) is -1.06. The predicted octanol–water partition coefficient (Wildman–Crippen LogP) is 2.03. The summed E-state index contributed by atoms with van der Waals surface area (Å²) in [6.07, 6.45) is 4.30. The van der Waals surface area contributed by atoms with E-state index in [0.29, 0.717) is 25.1 Å². The molecule has 0 amide bonds. The molecule has 0 atom stereocenters. The number of nitrogens with one attached hydrogen (secondary N) is 1. The zero-order valence-corrected chi connectivity index (χ0v) is 10.2. The molecule has 0 bridgehead atoms. The molecule has 2 rings (SSSR count). The predicted molar refractivity (Wildman–Crippen MR) is 65.0 cm³/mol. The second kappa shape index (κ2) is 5.73. The van der Waals surface area contributed by atoms with E-state index >= 15 is 0 Å². The van der Waals surface area contributed by atoms with Crippen molar-refractivity contribution in [3.63, 3.8) is 0 Å². The lowest BCUT2D eigenvalue weighted by Gasteiger charge is -2.04. The van der Waals surface area contributed by atoms with Gasteiger partial charge in [-0.15, -0.1) is 0 Å². The minimum atomic E-state index is -0.530. The van der Waals surface area contributed by atoms with Gasteiger partial charge in [-0.3, -0.25) is 4.68 Å². The fourth-order valence-corrected chi connectivity index (χ4v) is 1.78. The maximum atomic E-state index is 12.9. The highest BCUT2D eigenvalue weighted by Crippen LogP contribution is 2.08. The van der Waals surface area contributed by atoms with Gasteiger partial charge >= 0.3 is 0 Å². The standard InChI is InChI=1S/C13H15F2N3/c1-18-9-11(8-17-18)7-16-3-2-10-4-12(14)6-13(15)5-10/h4-6,8-9,16H,2-3,7H2,1H3. The fraction of sp³-hybridized carbons (Fsp3) is 0.308. The fourth-order valence-electron chi connectivity index (χ4n) is 1.78. The van der Waals surface area contributed by atoms with Gasteiger partial charge in [0, 0.05) is 31.4 Å². The van der Waals surface area contributed by atoms with Crippen LogP contribution in [0.4, 0.5) is 8.78 Å². The van der Waals surface area contributed by atoms with E-state index in [4.69, 9.17) is 0 Å². The van der Waals surface area contributed by atoms with Gasteiger partial charge in [0.1, 0.15) is 11.6 Å². The lowest BCUT2D eigenvalue weighted by molar-refractivity contribution is 0.577. The van der Waals surface area contributed by atoms with Gasteiger partial charge in [0.2, 0.25) is 0 Å². The lowest BCUT2D eigenvalue weighted by atomic mass is 10.1. The molecule has 0 spiro atoms. The van der Waals surface area contributed by atoms with Crippen LogP contribution in [0, 0.1) is 11.6 Å². The molecule has 0 saturated carbocycles. The first-order chi connectivity index (χ1) is 8.63. The number of rotatable bonds is 5. The maximum absolute atomic E-state index is 12.9. The van der Waals surface area contributed by atoms with Crippen LogP contribution in [-0.2, 0) is 20.0 Å². The Morgan fingerprint density at radius 2 is 1.89 bits per heavy atom. The van der Waals surface area contributed by atoms with Gasteiger partial charge in [-0.05, 0) is 30.7 Å². The van der Waals surface area contributed by atoms with Crippen molar-refractivity contribution in [3.8, 4) is 0 Å². The summed E-state index contributed by atoms with van der Waals surface area (Å²) in [7, 11) is 1.86. The molecule has 1 aromatic heterocycles. The van der Waals surface area contributed by atoms with E-state index in [1.54, 1.807) is 10.9 Å². The molecule has 0 aliphatic heterocycles. The minimum Gasteiger partial charge on any atom is -0.312 e. The van der Waals surface area contributed by atoms with E-state index in [0.717, 1.165) is 11.6 Å². The molecule has 96 valence electrons. The van der Waals surface area contributed by atoms with Crippen LogP contribution in [-0.4, -0.2) is 16.3 Å². The number of halogens is 2. The molecule has 18 heavy (non-hydrogen) atoms. The molecule has 0 radical (unpaired) electrons. The van der Waals surface area contributed by atoms with Crippen molar-refractivity contribution in [3.05, 3.63) is 53.4 Å². The third-order valence-electron chi connectivity index (χ3n) is 2.60. The van der Waals surface area contributed by atoms with Crippen molar-refractivity contribution < 1.29 is 8.78 Å². The van der Waals surface area contributed by atoms with Crippen LogP contribution in [0.5, 0.6) is 0 Å². The molecule has 0 unspecified atom stereocenters. The van der Waals surface area contributed by atoms with Crippen molar-refractivity contribution in [2.24, 2.45) is 7.05 Å². The first-order valence-corrected chi connectivity index (χ1v) is 5.77. The van der Waals surface area contributed by atoms with Crippen molar-refractivity contribution in [2.45, 2.75) is 13.0 Å². The van der Waals surface area contributed by atoms with Crippen molar-refractivity contribution >= 4 is 0 Å². The summed E-state index contributed by atoms with van der Waals surface area (Å²) in [6, 6.07) is 3.59. The Kier molecular flexibility index (Phi) is 4.04. The summed E-state index contributed by atoms with van der Waals surface area (Å²) in [6.45, 7) is 1.36. The molecule has 3 nitrogen and oxygen atoms in total. The molecule has 2 aromatic rings. The van der Waals surface area contributed by atoms with E-state index < -0.39 is 11.6 Å². The summed E-state index contributed by atoms with van der Waals surface area (Å²) >= 11 is 0. The van der Waals surface area contributed by atoms with Gasteiger partial charge in [-0.1, -0.05) is 0 Å². The Morgan fingerprint density at radius 3 is 2.50 bits per heavy atom. The molecule has 1 heterocycles. The highest BCUT2D eigenvalue weighted by atomic mass is 19.1. The SMILES string of the molecule is Cn1cc(CNCCc2cc(F)cc(F)c2)cn1. The van der Waals surface area contributed by atoms with Gasteiger partial charge in [-0.2, -0.15) is 5.10 Å². The van der Waals surface area contributed by atoms with Crippen LogP contribution in [0.25, 0.3) is 0 Å². The monoisotopic (exact) mass is 251 g/mol. The first kappa shape index (κ1) is 12.7. The molecule has 0 aliphatic carbocycles.